The molecule has 32 heavy (non-hydrogen) atoms. The molecule has 2 aromatic carbocycles. The van der Waals surface area contributed by atoms with Gasteiger partial charge in [0.15, 0.2) is 0 Å². The van der Waals surface area contributed by atoms with Crippen LogP contribution in [0.2, 0.25) is 10.0 Å². The van der Waals surface area contributed by atoms with Crippen molar-refractivity contribution < 1.29 is 9.47 Å². The average molecular weight is 473 g/mol. The van der Waals surface area contributed by atoms with Gasteiger partial charge in [0, 0.05) is 58.1 Å². The molecule has 0 saturated carbocycles. The number of anilines is 1. The highest BCUT2D eigenvalue weighted by Crippen LogP contribution is 2.41. The van der Waals surface area contributed by atoms with E-state index in [9.17, 15) is 0 Å². The van der Waals surface area contributed by atoms with E-state index in [4.69, 9.17) is 32.7 Å². The summed E-state index contributed by atoms with van der Waals surface area (Å²) < 4.78 is 11.6. The summed E-state index contributed by atoms with van der Waals surface area (Å²) in [6.45, 7) is 5.93. The summed E-state index contributed by atoms with van der Waals surface area (Å²) in [6, 6.07) is 13.9. The van der Waals surface area contributed by atoms with Crippen molar-refractivity contribution in [3.05, 3.63) is 58.1 Å². The zero-order chi connectivity index (χ0) is 21.9. The first-order valence-corrected chi connectivity index (χ1v) is 11.7. The highest BCUT2D eigenvalue weighted by Gasteiger charge is 2.19. The Balaban J connectivity index is 1.29. The van der Waals surface area contributed by atoms with E-state index in [0.717, 1.165) is 78.4 Å². The van der Waals surface area contributed by atoms with Gasteiger partial charge in [-0.3, -0.25) is 15.1 Å². The van der Waals surface area contributed by atoms with Crippen molar-refractivity contribution in [2.24, 2.45) is 0 Å². The van der Waals surface area contributed by atoms with Crippen LogP contribution in [0.25, 0.3) is 22.0 Å². The summed E-state index contributed by atoms with van der Waals surface area (Å²) in [4.78, 5) is 2.43. The smallest absolute Gasteiger partial charge is 0.127 e. The van der Waals surface area contributed by atoms with Crippen LogP contribution in [0.5, 0.6) is 5.75 Å². The highest BCUT2D eigenvalue weighted by atomic mass is 35.5. The van der Waals surface area contributed by atoms with Crippen molar-refractivity contribution in [3.8, 4) is 17.0 Å². The van der Waals surface area contributed by atoms with Crippen LogP contribution in [0.4, 0.5) is 5.82 Å². The molecule has 1 saturated heterocycles. The second-order valence-electron chi connectivity index (χ2n) is 7.99. The lowest BCUT2D eigenvalue weighted by molar-refractivity contribution is 0.0358. The fourth-order valence-electron chi connectivity index (χ4n) is 4.23. The van der Waals surface area contributed by atoms with Crippen molar-refractivity contribution in [2.75, 3.05) is 44.8 Å². The van der Waals surface area contributed by atoms with E-state index < -0.39 is 0 Å². The van der Waals surface area contributed by atoms with E-state index >= 15 is 0 Å². The Labute approximate surface area is 197 Å². The van der Waals surface area contributed by atoms with E-state index in [0.29, 0.717) is 23.2 Å². The van der Waals surface area contributed by atoms with E-state index in [1.54, 1.807) is 0 Å². The van der Waals surface area contributed by atoms with Gasteiger partial charge >= 0.3 is 0 Å². The van der Waals surface area contributed by atoms with Crippen molar-refractivity contribution in [1.29, 1.82) is 0 Å². The van der Waals surface area contributed by atoms with Crippen LogP contribution in [-0.2, 0) is 11.3 Å². The number of halogens is 2. The molecule has 0 atom stereocenters. The van der Waals surface area contributed by atoms with Gasteiger partial charge in [-0.2, -0.15) is 0 Å². The van der Waals surface area contributed by atoms with E-state index in [2.05, 4.69) is 32.5 Å². The SMILES string of the molecule is Clc1cccc(Cl)c1CNc1[nH][nH]c2c3cccc(OCCCN4CCOCC4)c3cc1-2. The summed E-state index contributed by atoms with van der Waals surface area (Å²) in [6.07, 6.45) is 0.994. The number of aromatic nitrogens is 2. The molecular weight excluding hydrogens is 447 g/mol. The van der Waals surface area contributed by atoms with Crippen LogP contribution in [-0.4, -0.2) is 54.6 Å². The molecule has 2 heterocycles. The molecule has 1 aliphatic carbocycles. The molecule has 6 nitrogen and oxygen atoms in total. The molecule has 1 fully saturated rings. The normalized spacial score (nSPS) is 14.9. The van der Waals surface area contributed by atoms with Crippen molar-refractivity contribution >= 4 is 39.8 Å². The summed E-state index contributed by atoms with van der Waals surface area (Å²) >= 11 is 12.6. The lowest BCUT2D eigenvalue weighted by Crippen LogP contribution is -2.37. The maximum atomic E-state index is 6.31. The largest absolute Gasteiger partial charge is 0.493 e. The molecule has 0 aromatic heterocycles. The molecule has 0 amide bonds. The summed E-state index contributed by atoms with van der Waals surface area (Å²) in [5, 5.41) is 13.5. The van der Waals surface area contributed by atoms with Gasteiger partial charge < -0.3 is 14.8 Å². The number of nitrogens with zero attached hydrogens (tertiary/aromatic N) is 1. The minimum Gasteiger partial charge on any atom is -0.493 e. The van der Waals surface area contributed by atoms with Crippen LogP contribution >= 0.6 is 23.2 Å². The van der Waals surface area contributed by atoms with E-state index in [1.165, 1.54) is 0 Å². The number of rotatable bonds is 8. The average Bonchev–Trinajstić information content (AvgIpc) is 3.37. The fraction of sp³-hybridized carbons (Fsp3) is 0.333. The van der Waals surface area contributed by atoms with E-state index in [-0.39, 0.29) is 0 Å². The monoisotopic (exact) mass is 472 g/mol. The third-order valence-electron chi connectivity index (χ3n) is 5.96. The first kappa shape index (κ1) is 21.5. The Bertz CT molecular complexity index is 1150. The van der Waals surface area contributed by atoms with E-state index in [1.807, 2.05) is 30.3 Å². The molecule has 3 N–H and O–H groups in total. The standard InChI is InChI=1S/C24H26Cl2N4O2/c25-20-5-2-6-21(26)19(20)15-27-24-18-14-17-16(23(18)28-29-24)4-1-7-22(17)32-11-3-8-30-9-12-31-13-10-30/h1-2,4-7,14,27-29H,3,8-13,15H2. The molecule has 8 heteroatoms. The van der Waals surface area contributed by atoms with Gasteiger partial charge in [-0.25, -0.2) is 0 Å². The summed E-state index contributed by atoms with van der Waals surface area (Å²) in [7, 11) is 0. The number of morpholine rings is 1. The second kappa shape index (κ2) is 9.63. The summed E-state index contributed by atoms with van der Waals surface area (Å²) in [5.41, 5.74) is 3.00. The molecule has 0 spiro atoms. The number of fused-ring (bicyclic) bond motifs is 3. The summed E-state index contributed by atoms with van der Waals surface area (Å²) in [5.74, 6) is 1.81. The lowest BCUT2D eigenvalue weighted by atomic mass is 10.2. The van der Waals surface area contributed by atoms with Crippen LogP contribution in [0, 0.1) is 0 Å². The number of benzene rings is 2. The van der Waals surface area contributed by atoms with Crippen LogP contribution in [0.1, 0.15) is 12.0 Å². The molecule has 5 rings (SSSR count). The molecule has 2 aliphatic heterocycles. The van der Waals surface area contributed by atoms with Gasteiger partial charge in [-0.1, -0.05) is 41.4 Å². The number of hydrogen-bond acceptors (Lipinski definition) is 4. The lowest BCUT2D eigenvalue weighted by Gasteiger charge is -2.26. The van der Waals surface area contributed by atoms with Gasteiger partial charge in [-0.05, 0) is 30.7 Å². The third-order valence-corrected chi connectivity index (χ3v) is 6.67. The number of hydrogen-bond donors (Lipinski definition) is 3. The maximum absolute atomic E-state index is 6.31. The van der Waals surface area contributed by atoms with Crippen molar-refractivity contribution in [2.45, 2.75) is 13.0 Å². The third kappa shape index (κ3) is 4.41. The highest BCUT2D eigenvalue weighted by molar-refractivity contribution is 6.36. The van der Waals surface area contributed by atoms with Gasteiger partial charge in [0.05, 0.1) is 25.5 Å². The number of nitrogens with one attached hydrogen (secondary N) is 3. The zero-order valence-corrected chi connectivity index (χ0v) is 19.2. The fourth-order valence-corrected chi connectivity index (χ4v) is 4.77. The molecule has 0 bridgehead atoms. The molecule has 168 valence electrons. The first-order chi connectivity index (χ1) is 15.7. The predicted molar refractivity (Wildman–Crippen MR) is 130 cm³/mol. The Kier molecular flexibility index (Phi) is 6.46. The maximum Gasteiger partial charge on any atom is 0.127 e. The molecular formula is C24H26Cl2N4O2. The first-order valence-electron chi connectivity index (χ1n) is 10.9. The number of H-pyrrole nitrogens is 2. The van der Waals surface area contributed by atoms with Gasteiger partial charge in [0.25, 0.3) is 0 Å². The minimum absolute atomic E-state index is 0.522. The Morgan fingerprint density at radius 2 is 1.78 bits per heavy atom. The predicted octanol–water partition coefficient (Wildman–Crippen LogP) is 5.62. The second-order valence-corrected chi connectivity index (χ2v) is 8.80. The van der Waals surface area contributed by atoms with Crippen molar-refractivity contribution in [3.63, 3.8) is 0 Å². The van der Waals surface area contributed by atoms with Crippen LogP contribution in [0.3, 0.4) is 0 Å². The molecule has 3 aliphatic rings. The van der Waals surface area contributed by atoms with Gasteiger partial charge in [-0.15, -0.1) is 0 Å². The Hall–Kier alpha value is -2.38. The van der Waals surface area contributed by atoms with Crippen LogP contribution in [0.15, 0.2) is 42.5 Å². The molecule has 0 radical (unpaired) electrons. The van der Waals surface area contributed by atoms with Gasteiger partial charge in [0.1, 0.15) is 11.6 Å². The Morgan fingerprint density at radius 3 is 2.59 bits per heavy atom. The van der Waals surface area contributed by atoms with Crippen LogP contribution < -0.4 is 10.1 Å². The molecule has 0 unspecified atom stereocenters. The molecule has 2 aromatic rings. The topological polar surface area (TPSA) is 65.3 Å². The Morgan fingerprint density at radius 1 is 1.00 bits per heavy atom. The number of ether oxygens (including phenoxy) is 2. The van der Waals surface area contributed by atoms with Gasteiger partial charge in [0.2, 0.25) is 0 Å². The zero-order valence-electron chi connectivity index (χ0n) is 17.7. The number of aromatic amines is 2. The quantitative estimate of drug-likeness (QED) is 0.291. The minimum atomic E-state index is 0.522. The van der Waals surface area contributed by atoms with Crippen molar-refractivity contribution in [1.82, 2.24) is 15.1 Å².